The van der Waals surface area contributed by atoms with Crippen LogP contribution in [0.3, 0.4) is 0 Å². The van der Waals surface area contributed by atoms with Crippen LogP contribution in [0.25, 0.3) is 83.3 Å². The van der Waals surface area contributed by atoms with Crippen molar-refractivity contribution in [2.24, 2.45) is 0 Å². The number of hydrogen-bond acceptors (Lipinski definition) is 1. The topological polar surface area (TPSA) is 17.8 Å². The number of hydrogen-bond donors (Lipinski definition) is 0. The smallest absolute Gasteiger partial charge is 0.0701 e. The van der Waals surface area contributed by atoms with Crippen LogP contribution in [0.1, 0.15) is 25.0 Å². The Morgan fingerprint density at radius 3 is 1.33 bits per heavy atom. The number of fused-ring (bicyclic) bond motifs is 6. The fourth-order valence-corrected chi connectivity index (χ4v) is 8.32. The molecule has 0 spiro atoms. The molecular formula is C50H36N2. The van der Waals surface area contributed by atoms with Gasteiger partial charge in [-0.3, -0.25) is 4.98 Å². The molecular weight excluding hydrogens is 629 g/mol. The number of para-hydroxylation sites is 2. The summed E-state index contributed by atoms with van der Waals surface area (Å²) >= 11 is 0. The molecule has 1 aliphatic carbocycles. The van der Waals surface area contributed by atoms with Crippen LogP contribution >= 0.6 is 0 Å². The minimum atomic E-state index is -0.108. The molecule has 0 atom stereocenters. The number of nitrogens with zero attached hydrogens (tertiary/aromatic N) is 2. The van der Waals surface area contributed by atoms with Gasteiger partial charge in [0, 0.05) is 33.6 Å². The summed E-state index contributed by atoms with van der Waals surface area (Å²) in [5.41, 5.74) is 18.4. The van der Waals surface area contributed by atoms with Crippen molar-refractivity contribution in [2.45, 2.75) is 19.3 Å². The van der Waals surface area contributed by atoms with Crippen molar-refractivity contribution >= 4 is 21.8 Å². The molecule has 0 bridgehead atoms. The Bertz CT molecular complexity index is 2720. The van der Waals surface area contributed by atoms with Crippen LogP contribution in [-0.4, -0.2) is 9.55 Å². The van der Waals surface area contributed by atoms with Gasteiger partial charge in [-0.25, -0.2) is 0 Å². The Balaban J connectivity index is 0.918. The molecule has 0 fully saturated rings. The highest BCUT2D eigenvalue weighted by atomic mass is 15.0. The van der Waals surface area contributed by atoms with Crippen molar-refractivity contribution in [2.75, 3.05) is 0 Å². The minimum Gasteiger partial charge on any atom is -0.309 e. The number of benzene rings is 7. The van der Waals surface area contributed by atoms with Gasteiger partial charge in [-0.15, -0.1) is 0 Å². The van der Waals surface area contributed by atoms with E-state index in [9.17, 15) is 0 Å². The maximum atomic E-state index is 4.51. The summed E-state index contributed by atoms with van der Waals surface area (Å²) in [5.74, 6) is 0. The summed E-state index contributed by atoms with van der Waals surface area (Å²) in [6.07, 6.45) is 1.84. The van der Waals surface area contributed by atoms with Crippen LogP contribution in [0.2, 0.25) is 0 Å². The lowest BCUT2D eigenvalue weighted by atomic mass is 9.81. The Labute approximate surface area is 304 Å². The summed E-state index contributed by atoms with van der Waals surface area (Å²) in [6.45, 7) is 4.73. The minimum absolute atomic E-state index is 0.108. The lowest BCUT2D eigenvalue weighted by Crippen LogP contribution is -2.15. The Morgan fingerprint density at radius 2 is 0.827 bits per heavy atom. The molecule has 2 aromatic heterocycles. The van der Waals surface area contributed by atoms with Crippen LogP contribution in [0.15, 0.2) is 182 Å². The van der Waals surface area contributed by atoms with E-state index in [0.717, 1.165) is 11.3 Å². The predicted molar refractivity (Wildman–Crippen MR) is 218 cm³/mol. The van der Waals surface area contributed by atoms with Crippen molar-refractivity contribution in [3.05, 3.63) is 193 Å². The molecule has 2 nitrogen and oxygen atoms in total. The Morgan fingerprint density at radius 1 is 0.404 bits per heavy atom. The summed E-state index contributed by atoms with van der Waals surface area (Å²) in [4.78, 5) is 4.51. The molecule has 246 valence electrons. The van der Waals surface area contributed by atoms with E-state index in [-0.39, 0.29) is 5.41 Å². The first kappa shape index (κ1) is 30.3. The van der Waals surface area contributed by atoms with Gasteiger partial charge in [0.2, 0.25) is 0 Å². The zero-order valence-corrected chi connectivity index (χ0v) is 29.2. The molecule has 1 aliphatic rings. The monoisotopic (exact) mass is 664 g/mol. The molecule has 9 aromatic rings. The normalized spacial score (nSPS) is 13.0. The zero-order valence-electron chi connectivity index (χ0n) is 29.2. The first-order valence-corrected chi connectivity index (χ1v) is 18.0. The average molecular weight is 665 g/mol. The SMILES string of the molecule is CC1(C)c2cc(-c3ccc(-c4ccc(-n5c6ccccc6c6ccccc65)cc4)cc3)ccc2-c2ccc(-c3ccc(-c4ccccn4)cc3)cc21. The lowest BCUT2D eigenvalue weighted by Gasteiger charge is -2.22. The van der Waals surface area contributed by atoms with Crippen molar-refractivity contribution in [1.29, 1.82) is 0 Å². The highest BCUT2D eigenvalue weighted by molar-refractivity contribution is 6.09. The van der Waals surface area contributed by atoms with Gasteiger partial charge >= 0.3 is 0 Å². The molecule has 0 unspecified atom stereocenters. The van der Waals surface area contributed by atoms with Crippen LogP contribution in [0.4, 0.5) is 0 Å². The van der Waals surface area contributed by atoms with E-state index < -0.39 is 0 Å². The molecule has 0 aliphatic heterocycles. The van der Waals surface area contributed by atoms with Crippen molar-refractivity contribution < 1.29 is 0 Å². The largest absolute Gasteiger partial charge is 0.309 e. The molecule has 52 heavy (non-hydrogen) atoms. The third-order valence-corrected chi connectivity index (χ3v) is 11.1. The maximum absolute atomic E-state index is 4.51. The quantitative estimate of drug-likeness (QED) is 0.179. The number of rotatable bonds is 5. The molecule has 0 saturated carbocycles. The third kappa shape index (κ3) is 4.83. The van der Waals surface area contributed by atoms with Crippen molar-refractivity contribution in [1.82, 2.24) is 9.55 Å². The second-order valence-electron chi connectivity index (χ2n) is 14.4. The molecule has 0 N–H and O–H groups in total. The molecule has 0 radical (unpaired) electrons. The summed E-state index contributed by atoms with van der Waals surface area (Å²) < 4.78 is 2.37. The van der Waals surface area contributed by atoms with E-state index in [1.54, 1.807) is 0 Å². The summed E-state index contributed by atoms with van der Waals surface area (Å²) in [5, 5.41) is 2.56. The van der Waals surface area contributed by atoms with Crippen LogP contribution in [-0.2, 0) is 5.41 Å². The third-order valence-electron chi connectivity index (χ3n) is 11.1. The highest BCUT2D eigenvalue weighted by Crippen LogP contribution is 2.50. The van der Waals surface area contributed by atoms with Crippen molar-refractivity contribution in [3.8, 4) is 61.5 Å². The molecule has 7 aromatic carbocycles. The molecule has 0 saturated heterocycles. The van der Waals surface area contributed by atoms with Gasteiger partial charge < -0.3 is 4.57 Å². The van der Waals surface area contributed by atoms with Gasteiger partial charge in [0.15, 0.2) is 0 Å². The number of pyridine rings is 1. The summed E-state index contributed by atoms with van der Waals surface area (Å²) in [7, 11) is 0. The zero-order chi connectivity index (χ0) is 34.8. The Hall–Kier alpha value is -6.51. The average Bonchev–Trinajstić information content (AvgIpc) is 3.66. The molecule has 0 amide bonds. The second kappa shape index (κ2) is 11.8. The van der Waals surface area contributed by atoms with E-state index in [1.807, 2.05) is 18.3 Å². The van der Waals surface area contributed by atoms with Crippen LogP contribution in [0, 0.1) is 0 Å². The van der Waals surface area contributed by atoms with Crippen LogP contribution < -0.4 is 0 Å². The Kier molecular flexibility index (Phi) is 6.87. The van der Waals surface area contributed by atoms with Gasteiger partial charge in [-0.2, -0.15) is 0 Å². The van der Waals surface area contributed by atoms with Crippen LogP contribution in [0.5, 0.6) is 0 Å². The van der Waals surface area contributed by atoms with Gasteiger partial charge in [-0.1, -0.05) is 141 Å². The fourth-order valence-electron chi connectivity index (χ4n) is 8.32. The van der Waals surface area contributed by atoms with Crippen molar-refractivity contribution in [3.63, 3.8) is 0 Å². The molecule has 10 rings (SSSR count). The highest BCUT2D eigenvalue weighted by Gasteiger charge is 2.35. The van der Waals surface area contributed by atoms with E-state index in [0.29, 0.717) is 0 Å². The first-order valence-electron chi connectivity index (χ1n) is 18.0. The van der Waals surface area contributed by atoms with Gasteiger partial charge in [0.1, 0.15) is 0 Å². The predicted octanol–water partition coefficient (Wildman–Crippen LogP) is 13.2. The molecule has 2 heterocycles. The van der Waals surface area contributed by atoms with Gasteiger partial charge in [0.25, 0.3) is 0 Å². The van der Waals surface area contributed by atoms with E-state index in [1.165, 1.54) is 83.1 Å². The first-order chi connectivity index (χ1) is 25.5. The maximum Gasteiger partial charge on any atom is 0.0701 e. The van der Waals surface area contributed by atoms with E-state index >= 15 is 0 Å². The standard InChI is InChI=1S/C50H36N2/c1-50(2)45-31-38(24-28-41(45)42-29-25-39(32-46(42)50)36-18-20-37(21-19-36)47-11-7-8-30-51-47)35-16-14-33(15-17-35)34-22-26-40(27-23-34)52-48-12-5-3-9-43(48)44-10-4-6-13-49(44)52/h3-32H,1-2H3. The number of aromatic nitrogens is 2. The van der Waals surface area contributed by atoms with Gasteiger partial charge in [0.05, 0.1) is 16.7 Å². The van der Waals surface area contributed by atoms with E-state index in [2.05, 4.69) is 187 Å². The fraction of sp³-hybridized carbons (Fsp3) is 0.0600. The second-order valence-corrected chi connectivity index (χ2v) is 14.4. The summed E-state index contributed by atoms with van der Waals surface area (Å²) in [6, 6.07) is 64.1. The van der Waals surface area contributed by atoms with Gasteiger partial charge in [-0.05, 0) is 104 Å². The lowest BCUT2D eigenvalue weighted by molar-refractivity contribution is 0.661. The van der Waals surface area contributed by atoms with E-state index in [4.69, 9.17) is 0 Å². The molecule has 2 heteroatoms.